The van der Waals surface area contributed by atoms with Crippen LogP contribution in [-0.4, -0.2) is 34.1 Å². The Morgan fingerprint density at radius 2 is 2.19 bits per heavy atom. The number of halogens is 2. The van der Waals surface area contributed by atoms with Crippen molar-refractivity contribution in [2.24, 2.45) is 4.99 Å². The zero-order valence-corrected chi connectivity index (χ0v) is 18.7. The molecule has 136 valence electrons. The topological polar surface area (TPSA) is 41.9 Å². The van der Waals surface area contributed by atoms with Crippen molar-refractivity contribution < 1.29 is 30.7 Å². The second-order valence-corrected chi connectivity index (χ2v) is 10.3. The summed E-state index contributed by atoms with van der Waals surface area (Å²) in [5.74, 6) is 0.849. The Morgan fingerprint density at radius 1 is 1.35 bits per heavy atom. The number of carbonyl (C=O) groups excluding carboxylic acids is 1. The van der Waals surface area contributed by atoms with Gasteiger partial charge in [-0.15, -0.1) is 0 Å². The van der Waals surface area contributed by atoms with Crippen LogP contribution in [0.4, 0.5) is 11.4 Å². The Kier molecular flexibility index (Phi) is 5.49. The zero-order chi connectivity index (χ0) is 18.1. The van der Waals surface area contributed by atoms with Gasteiger partial charge < -0.3 is 0 Å². The molecule has 2 aliphatic rings. The quantitative estimate of drug-likeness (QED) is 0.306. The van der Waals surface area contributed by atoms with Crippen molar-refractivity contribution in [3.05, 3.63) is 51.1 Å². The third-order valence-corrected chi connectivity index (χ3v) is 8.35. The normalized spacial score (nSPS) is 17.7. The summed E-state index contributed by atoms with van der Waals surface area (Å²) in [7, 11) is 1.69. The van der Waals surface area contributed by atoms with E-state index in [1.54, 1.807) is 7.11 Å². The van der Waals surface area contributed by atoms with E-state index in [0.717, 1.165) is 23.5 Å². The average molecular weight is 573 g/mol. The zero-order valence-electron chi connectivity index (χ0n) is 14.4. The first kappa shape index (κ1) is 18.2. The summed E-state index contributed by atoms with van der Waals surface area (Å²) in [6.07, 6.45) is 3.98. The summed E-state index contributed by atoms with van der Waals surface area (Å²) < 4.78 is 9.25. The minimum absolute atomic E-state index is 0.00420. The van der Waals surface area contributed by atoms with Gasteiger partial charge in [0.2, 0.25) is 0 Å². The number of amides is 1. The van der Waals surface area contributed by atoms with E-state index in [1.807, 2.05) is 35.4 Å². The molecule has 1 atom stereocenters. The summed E-state index contributed by atoms with van der Waals surface area (Å²) in [6, 6.07) is 12.1. The first-order valence-electron chi connectivity index (χ1n) is 8.55. The molecule has 0 saturated carbocycles. The second-order valence-electron chi connectivity index (χ2n) is 6.22. The number of benzene rings is 2. The molecule has 0 fully saturated rings. The molecule has 6 heteroatoms. The van der Waals surface area contributed by atoms with Crippen molar-refractivity contribution in [3.63, 3.8) is 0 Å². The molecular formula is C20H19I2N2O2-. The molecular weight excluding hydrogens is 554 g/mol. The van der Waals surface area contributed by atoms with Gasteiger partial charge in [-0.3, -0.25) is 0 Å². The number of aliphatic imine (C=N–C) groups is 1. The van der Waals surface area contributed by atoms with E-state index in [1.165, 1.54) is 24.4 Å². The van der Waals surface area contributed by atoms with Gasteiger partial charge in [-0.2, -0.15) is 0 Å². The predicted octanol–water partition coefficient (Wildman–Crippen LogP) is 1.07. The van der Waals surface area contributed by atoms with Crippen LogP contribution in [0.2, 0.25) is 0 Å². The van der Waals surface area contributed by atoms with Crippen LogP contribution in [0.5, 0.6) is 5.75 Å². The van der Waals surface area contributed by atoms with Crippen molar-refractivity contribution >= 4 is 46.1 Å². The number of anilines is 1. The third kappa shape index (κ3) is 3.26. The van der Waals surface area contributed by atoms with Crippen LogP contribution >= 0.6 is 22.6 Å². The van der Waals surface area contributed by atoms with Crippen molar-refractivity contribution in [3.8, 4) is 5.75 Å². The first-order valence-corrected chi connectivity index (χ1v) is 12.7. The summed E-state index contributed by atoms with van der Waals surface area (Å²) in [5.41, 5.74) is 3.62. The molecule has 26 heavy (non-hydrogen) atoms. The fourth-order valence-corrected chi connectivity index (χ4v) is 7.84. The van der Waals surface area contributed by atoms with Gasteiger partial charge in [0, 0.05) is 0 Å². The number of hydrogen-bond acceptors (Lipinski definition) is 3. The Bertz CT molecular complexity index is 882. The van der Waals surface area contributed by atoms with Gasteiger partial charge in [-0.25, -0.2) is 0 Å². The van der Waals surface area contributed by atoms with Crippen molar-refractivity contribution in [1.29, 1.82) is 0 Å². The molecule has 0 spiro atoms. The molecule has 0 radical (unpaired) electrons. The van der Waals surface area contributed by atoms with Crippen LogP contribution in [-0.2, 0) is 6.42 Å². The summed E-state index contributed by atoms with van der Waals surface area (Å²) >= 11 is 2.29. The van der Waals surface area contributed by atoms with Crippen LogP contribution in [0, 0.1) is 3.57 Å². The molecule has 2 heterocycles. The van der Waals surface area contributed by atoms with E-state index in [4.69, 9.17) is 9.73 Å². The number of fused-ring (bicyclic) bond motifs is 4. The standard InChI is InChI=1S/C20H19I2N2O2/c1-26-19-10-15-17(11-16(19)22-8-4-7-21)23-12-14-9-13-5-2-3-6-18(13)24(14)20(15)25/h2-3,5-6,10-12,14H,4,7-9H2,1H3/q-1/t14-/m0/s1. The van der Waals surface area contributed by atoms with Gasteiger partial charge >= 0.3 is 178 Å². The maximum atomic E-state index is 13.3. The summed E-state index contributed by atoms with van der Waals surface area (Å²) in [6.45, 7) is 0. The Labute approximate surface area is 177 Å². The molecule has 0 aromatic heterocycles. The van der Waals surface area contributed by atoms with E-state index in [-0.39, 0.29) is 33.2 Å². The van der Waals surface area contributed by atoms with Crippen LogP contribution < -0.4 is 30.8 Å². The fraction of sp³-hybridized carbons (Fsp3) is 0.300. The number of hydrogen-bond donors (Lipinski definition) is 0. The van der Waals surface area contributed by atoms with E-state index in [0.29, 0.717) is 5.56 Å². The van der Waals surface area contributed by atoms with E-state index in [2.05, 4.69) is 34.7 Å². The molecule has 0 bridgehead atoms. The van der Waals surface area contributed by atoms with Gasteiger partial charge in [-0.1, -0.05) is 0 Å². The maximum absolute atomic E-state index is 13.3. The van der Waals surface area contributed by atoms with Crippen LogP contribution in [0.3, 0.4) is 0 Å². The molecule has 0 saturated heterocycles. The third-order valence-electron chi connectivity index (χ3n) is 4.62. The monoisotopic (exact) mass is 573 g/mol. The van der Waals surface area contributed by atoms with E-state index >= 15 is 0 Å². The Hall–Kier alpha value is -1.16. The summed E-state index contributed by atoms with van der Waals surface area (Å²) in [4.78, 5) is 19.9. The van der Waals surface area contributed by atoms with Gasteiger partial charge in [-0.05, 0) is 0 Å². The number of methoxy groups -OCH3 is 1. The second kappa shape index (κ2) is 7.84. The van der Waals surface area contributed by atoms with Crippen molar-refractivity contribution in [1.82, 2.24) is 0 Å². The Morgan fingerprint density at radius 3 is 3.00 bits per heavy atom. The van der Waals surface area contributed by atoms with Gasteiger partial charge in [0.25, 0.3) is 0 Å². The van der Waals surface area contributed by atoms with Crippen LogP contribution in [0.15, 0.2) is 41.4 Å². The molecule has 2 aliphatic heterocycles. The molecule has 0 unspecified atom stereocenters. The molecule has 2 aromatic rings. The van der Waals surface area contributed by atoms with Gasteiger partial charge in [0.05, 0.1) is 0 Å². The van der Waals surface area contributed by atoms with Gasteiger partial charge in [0.15, 0.2) is 0 Å². The number of rotatable bonds is 5. The molecule has 1 amide bonds. The fourth-order valence-electron chi connectivity index (χ4n) is 3.39. The average Bonchev–Trinajstić information content (AvgIpc) is 2.98. The molecule has 0 aliphatic carbocycles. The van der Waals surface area contributed by atoms with E-state index < -0.39 is 0 Å². The number of carbonyl (C=O) groups is 1. The SMILES string of the molecule is COc1cc2c(cc1[I-]CCCI)N=C[C@@H]1Cc3ccccc3N1C2=O. The molecule has 0 N–H and O–H groups in total. The van der Waals surface area contributed by atoms with Crippen LogP contribution in [0.1, 0.15) is 22.3 Å². The first-order chi connectivity index (χ1) is 12.7. The molecule has 2 aromatic carbocycles. The number of ether oxygens (including phenoxy) is 1. The number of para-hydroxylation sites is 1. The minimum atomic E-state index is -0.132. The van der Waals surface area contributed by atoms with Crippen molar-refractivity contribution in [2.75, 3.05) is 20.9 Å². The molecule has 4 rings (SSSR count). The van der Waals surface area contributed by atoms with Crippen molar-refractivity contribution in [2.45, 2.75) is 18.9 Å². The van der Waals surface area contributed by atoms with Gasteiger partial charge in [0.1, 0.15) is 0 Å². The Balaban J connectivity index is 1.74. The van der Waals surface area contributed by atoms with Crippen LogP contribution in [0.25, 0.3) is 0 Å². The predicted molar refractivity (Wildman–Crippen MR) is 109 cm³/mol. The number of nitrogens with zero attached hydrogens (tertiary/aromatic N) is 2. The summed E-state index contributed by atoms with van der Waals surface area (Å²) in [5, 5.41) is 0. The van der Waals surface area contributed by atoms with E-state index in [9.17, 15) is 4.79 Å². The molecule has 4 nitrogen and oxygen atoms in total. The number of alkyl halides is 2.